The topological polar surface area (TPSA) is 92.7 Å². The average molecular weight is 383 g/mol. The largest absolute Gasteiger partial charge is 0.326 e. The molecule has 0 aliphatic heterocycles. The zero-order valence-electron chi connectivity index (χ0n) is 16.3. The van der Waals surface area contributed by atoms with Crippen LogP contribution in [0.2, 0.25) is 0 Å². The first kappa shape index (κ1) is 19.5. The predicted octanol–water partition coefficient (Wildman–Crippen LogP) is 2.90. The third kappa shape index (κ3) is 4.16. The fourth-order valence-electron chi connectivity index (χ4n) is 3.04. The van der Waals surface area contributed by atoms with E-state index in [1.807, 2.05) is 13.8 Å². The lowest BCUT2D eigenvalue weighted by Gasteiger charge is -2.07. The number of carbonyl (C=O) groups is 1. The lowest BCUT2D eigenvalue weighted by atomic mass is 10.1. The molecule has 0 radical (unpaired) electrons. The van der Waals surface area contributed by atoms with Crippen molar-refractivity contribution >= 4 is 11.6 Å². The van der Waals surface area contributed by atoms with Crippen LogP contribution in [0.15, 0.2) is 29.1 Å². The summed E-state index contributed by atoms with van der Waals surface area (Å²) in [5, 5.41) is 7.16. The Morgan fingerprint density at radius 1 is 1.21 bits per heavy atom. The van der Waals surface area contributed by atoms with E-state index < -0.39 is 0 Å². The van der Waals surface area contributed by atoms with E-state index in [9.17, 15) is 14.0 Å². The monoisotopic (exact) mass is 383 g/mol. The number of aromatic nitrogens is 4. The quantitative estimate of drug-likeness (QED) is 0.709. The number of rotatable bonds is 5. The minimum Gasteiger partial charge on any atom is -0.326 e. The van der Waals surface area contributed by atoms with Crippen LogP contribution >= 0.6 is 0 Å². The maximum Gasteiger partial charge on any atom is 0.252 e. The summed E-state index contributed by atoms with van der Waals surface area (Å²) in [6.07, 6.45) is 0.689. The third-order valence-corrected chi connectivity index (χ3v) is 4.56. The number of halogens is 1. The highest BCUT2D eigenvalue weighted by Gasteiger charge is 2.16. The maximum absolute atomic E-state index is 13.6. The normalized spacial score (nSPS) is 10.9. The molecule has 0 aliphatic rings. The molecule has 2 heterocycles. The van der Waals surface area contributed by atoms with Crippen molar-refractivity contribution in [1.82, 2.24) is 19.7 Å². The minimum atomic E-state index is -0.356. The molecular formula is C20H22FN5O2. The van der Waals surface area contributed by atoms with E-state index in [-0.39, 0.29) is 23.7 Å². The number of anilines is 1. The standard InChI is InChI=1S/C20H22FN5O2/c1-11-5-6-15(10-17(11)21)23-18(27)8-7-16-13(3)25-26(14(16)4)20-22-12(2)9-19(28)24-20/h5-6,9-10H,7-8H2,1-4H3,(H,23,27)(H,22,24,28). The van der Waals surface area contributed by atoms with Gasteiger partial charge in [-0.05, 0) is 57.4 Å². The molecule has 3 aromatic rings. The highest BCUT2D eigenvalue weighted by atomic mass is 19.1. The molecule has 0 saturated heterocycles. The molecule has 7 nitrogen and oxygen atoms in total. The summed E-state index contributed by atoms with van der Waals surface area (Å²) in [4.78, 5) is 30.9. The summed E-state index contributed by atoms with van der Waals surface area (Å²) < 4.78 is 15.2. The number of carbonyl (C=O) groups excluding carboxylic acids is 1. The van der Waals surface area contributed by atoms with Crippen LogP contribution in [-0.2, 0) is 11.2 Å². The molecule has 0 saturated carbocycles. The van der Waals surface area contributed by atoms with Gasteiger partial charge in [0.1, 0.15) is 5.82 Å². The van der Waals surface area contributed by atoms with Gasteiger partial charge in [0, 0.05) is 29.6 Å². The Morgan fingerprint density at radius 2 is 1.96 bits per heavy atom. The first-order chi connectivity index (χ1) is 13.2. The second-order valence-corrected chi connectivity index (χ2v) is 6.78. The van der Waals surface area contributed by atoms with Crippen LogP contribution in [0.1, 0.15) is 34.6 Å². The summed E-state index contributed by atoms with van der Waals surface area (Å²) in [5.74, 6) is -0.223. The molecule has 1 aromatic carbocycles. The molecule has 0 bridgehead atoms. The van der Waals surface area contributed by atoms with Gasteiger partial charge >= 0.3 is 0 Å². The molecule has 0 aliphatic carbocycles. The van der Waals surface area contributed by atoms with Gasteiger partial charge in [-0.1, -0.05) is 6.07 Å². The molecule has 0 fully saturated rings. The van der Waals surface area contributed by atoms with E-state index in [2.05, 4.69) is 20.4 Å². The van der Waals surface area contributed by atoms with Crippen LogP contribution in [0.3, 0.4) is 0 Å². The lowest BCUT2D eigenvalue weighted by Crippen LogP contribution is -2.15. The number of nitrogens with zero attached hydrogens (tertiary/aromatic N) is 3. The first-order valence-corrected chi connectivity index (χ1v) is 8.94. The molecule has 0 unspecified atom stereocenters. The number of benzene rings is 1. The second-order valence-electron chi connectivity index (χ2n) is 6.78. The second kappa shape index (κ2) is 7.75. The third-order valence-electron chi connectivity index (χ3n) is 4.56. The number of hydrogen-bond acceptors (Lipinski definition) is 4. The van der Waals surface area contributed by atoms with Gasteiger partial charge in [0.25, 0.3) is 5.56 Å². The van der Waals surface area contributed by atoms with Gasteiger partial charge in [-0.2, -0.15) is 5.10 Å². The van der Waals surface area contributed by atoms with Crippen molar-refractivity contribution in [2.24, 2.45) is 0 Å². The number of H-pyrrole nitrogens is 1. The molecule has 3 rings (SSSR count). The number of nitrogens with one attached hydrogen (secondary N) is 2. The van der Waals surface area contributed by atoms with Crippen LogP contribution in [0.4, 0.5) is 10.1 Å². The van der Waals surface area contributed by atoms with Crippen LogP contribution < -0.4 is 10.9 Å². The summed E-state index contributed by atoms with van der Waals surface area (Å²) in [6.45, 7) is 7.12. The Morgan fingerprint density at radius 3 is 2.64 bits per heavy atom. The number of aryl methyl sites for hydroxylation is 3. The Hall–Kier alpha value is -3.29. The molecule has 28 heavy (non-hydrogen) atoms. The molecule has 2 aromatic heterocycles. The number of hydrogen-bond donors (Lipinski definition) is 2. The summed E-state index contributed by atoms with van der Waals surface area (Å²) in [6, 6.07) is 6.01. The predicted molar refractivity (Wildman–Crippen MR) is 104 cm³/mol. The zero-order chi connectivity index (χ0) is 20.4. The Labute approximate surface area is 161 Å². The number of amides is 1. The molecule has 0 spiro atoms. The molecular weight excluding hydrogens is 361 g/mol. The lowest BCUT2D eigenvalue weighted by molar-refractivity contribution is -0.116. The van der Waals surface area contributed by atoms with Crippen molar-refractivity contribution in [2.75, 3.05) is 5.32 Å². The van der Waals surface area contributed by atoms with E-state index in [1.165, 1.54) is 12.1 Å². The van der Waals surface area contributed by atoms with Crippen molar-refractivity contribution in [3.63, 3.8) is 0 Å². The van der Waals surface area contributed by atoms with Crippen LogP contribution in [0.25, 0.3) is 5.95 Å². The first-order valence-electron chi connectivity index (χ1n) is 8.94. The van der Waals surface area contributed by atoms with Gasteiger partial charge in [0.2, 0.25) is 11.9 Å². The van der Waals surface area contributed by atoms with Gasteiger partial charge in [-0.3, -0.25) is 14.6 Å². The fraction of sp³-hybridized carbons (Fsp3) is 0.300. The molecule has 1 amide bonds. The van der Waals surface area contributed by atoms with E-state index in [0.717, 1.165) is 17.0 Å². The van der Waals surface area contributed by atoms with Gasteiger partial charge in [-0.15, -0.1) is 0 Å². The van der Waals surface area contributed by atoms with Gasteiger partial charge in [-0.25, -0.2) is 14.1 Å². The van der Waals surface area contributed by atoms with Crippen molar-refractivity contribution in [1.29, 1.82) is 0 Å². The molecule has 0 atom stereocenters. The zero-order valence-corrected chi connectivity index (χ0v) is 16.3. The molecule has 146 valence electrons. The van der Waals surface area contributed by atoms with E-state index in [4.69, 9.17) is 0 Å². The van der Waals surface area contributed by atoms with Crippen molar-refractivity contribution < 1.29 is 9.18 Å². The smallest absolute Gasteiger partial charge is 0.252 e. The Kier molecular flexibility index (Phi) is 5.39. The number of aromatic amines is 1. The Bertz CT molecular complexity index is 1100. The van der Waals surface area contributed by atoms with E-state index in [1.54, 1.807) is 30.7 Å². The van der Waals surface area contributed by atoms with Crippen molar-refractivity contribution in [3.05, 3.63) is 68.6 Å². The van der Waals surface area contributed by atoms with Crippen molar-refractivity contribution in [2.45, 2.75) is 40.5 Å². The average Bonchev–Trinajstić information content (AvgIpc) is 2.90. The SMILES string of the molecule is Cc1cc(=O)[nH]c(-n2nc(C)c(CCC(=O)Nc3ccc(C)c(F)c3)c2C)n1. The highest BCUT2D eigenvalue weighted by molar-refractivity contribution is 5.90. The van der Waals surface area contributed by atoms with Crippen LogP contribution in [0.5, 0.6) is 0 Å². The van der Waals surface area contributed by atoms with Crippen LogP contribution in [0, 0.1) is 33.5 Å². The van der Waals surface area contributed by atoms with Crippen LogP contribution in [-0.4, -0.2) is 25.7 Å². The summed E-state index contributed by atoms with van der Waals surface area (Å²) in [5.41, 5.74) is 3.78. The molecule has 2 N–H and O–H groups in total. The van der Waals surface area contributed by atoms with E-state index in [0.29, 0.717) is 29.3 Å². The van der Waals surface area contributed by atoms with Crippen molar-refractivity contribution in [3.8, 4) is 5.95 Å². The summed E-state index contributed by atoms with van der Waals surface area (Å²) >= 11 is 0. The van der Waals surface area contributed by atoms with Gasteiger partial charge < -0.3 is 5.32 Å². The van der Waals surface area contributed by atoms with E-state index >= 15 is 0 Å². The summed E-state index contributed by atoms with van der Waals surface area (Å²) in [7, 11) is 0. The fourth-order valence-corrected chi connectivity index (χ4v) is 3.04. The maximum atomic E-state index is 13.6. The van der Waals surface area contributed by atoms with Gasteiger partial charge in [0.05, 0.1) is 5.69 Å². The minimum absolute atomic E-state index is 0.211. The van der Waals surface area contributed by atoms with Gasteiger partial charge in [0.15, 0.2) is 0 Å². The Balaban J connectivity index is 1.74. The highest BCUT2D eigenvalue weighted by Crippen LogP contribution is 2.18. The molecule has 8 heteroatoms.